The van der Waals surface area contributed by atoms with Crippen LogP contribution in [0.15, 0.2) is 18.2 Å². The molecule has 0 spiro atoms. The fourth-order valence-electron chi connectivity index (χ4n) is 2.35. The van der Waals surface area contributed by atoms with Gasteiger partial charge in [0.1, 0.15) is 11.9 Å². The largest absolute Gasteiger partial charge is 0.490 e. The summed E-state index contributed by atoms with van der Waals surface area (Å²) in [4.78, 5) is 0. The smallest absolute Gasteiger partial charge is 0.125 e. The Morgan fingerprint density at radius 2 is 2.11 bits per heavy atom. The van der Waals surface area contributed by atoms with Gasteiger partial charge in [0, 0.05) is 18.9 Å². The Hall–Kier alpha value is -1.06. The second kappa shape index (κ2) is 6.21. The van der Waals surface area contributed by atoms with Crippen molar-refractivity contribution in [3.8, 4) is 5.75 Å². The second-order valence-corrected chi connectivity index (χ2v) is 5.17. The summed E-state index contributed by atoms with van der Waals surface area (Å²) in [6.45, 7) is 5.73. The maximum absolute atomic E-state index is 6.18. The molecule has 1 aliphatic heterocycles. The average Bonchev–Trinajstić information content (AvgIpc) is 2.34. The molecule has 0 bridgehead atoms. The van der Waals surface area contributed by atoms with Crippen LogP contribution in [-0.4, -0.2) is 25.4 Å². The van der Waals surface area contributed by atoms with Crippen molar-refractivity contribution in [2.45, 2.75) is 45.3 Å². The average molecular weight is 249 g/mol. The molecule has 100 valence electrons. The van der Waals surface area contributed by atoms with E-state index in [9.17, 15) is 0 Å². The van der Waals surface area contributed by atoms with Crippen molar-refractivity contribution in [1.29, 1.82) is 0 Å². The second-order valence-electron chi connectivity index (χ2n) is 5.17. The van der Waals surface area contributed by atoms with Gasteiger partial charge in [0.05, 0.1) is 13.2 Å². The van der Waals surface area contributed by atoms with Crippen molar-refractivity contribution in [2.75, 3.05) is 13.2 Å². The molecule has 0 aliphatic carbocycles. The Labute approximate surface area is 109 Å². The van der Waals surface area contributed by atoms with Gasteiger partial charge in [-0.25, -0.2) is 0 Å². The van der Waals surface area contributed by atoms with Gasteiger partial charge in [0.15, 0.2) is 0 Å². The predicted octanol–water partition coefficient (Wildman–Crippen LogP) is 2.44. The summed E-state index contributed by atoms with van der Waals surface area (Å²) in [5.41, 5.74) is 8.31. The first kappa shape index (κ1) is 13.4. The maximum Gasteiger partial charge on any atom is 0.125 e. The lowest BCUT2D eigenvalue weighted by Gasteiger charge is -2.26. The summed E-state index contributed by atoms with van der Waals surface area (Å²) in [5.74, 6) is 1.03. The van der Waals surface area contributed by atoms with Gasteiger partial charge in [-0.1, -0.05) is 18.2 Å². The van der Waals surface area contributed by atoms with Crippen LogP contribution in [0.2, 0.25) is 0 Å². The Kier molecular flexibility index (Phi) is 4.61. The summed E-state index contributed by atoms with van der Waals surface area (Å²) >= 11 is 0. The maximum atomic E-state index is 6.18. The number of para-hydroxylation sites is 1. The first-order valence-corrected chi connectivity index (χ1v) is 6.75. The van der Waals surface area contributed by atoms with Crippen molar-refractivity contribution in [3.05, 3.63) is 29.3 Å². The normalized spacial score (nSPS) is 18.6. The predicted molar refractivity (Wildman–Crippen MR) is 73.0 cm³/mol. The van der Waals surface area contributed by atoms with Crippen LogP contribution >= 0.6 is 0 Å². The summed E-state index contributed by atoms with van der Waals surface area (Å²) in [7, 11) is 0. The van der Waals surface area contributed by atoms with E-state index in [2.05, 4.69) is 25.1 Å². The van der Waals surface area contributed by atoms with Gasteiger partial charge >= 0.3 is 0 Å². The molecule has 1 heterocycles. The summed E-state index contributed by atoms with van der Waals surface area (Å²) in [6.07, 6.45) is 3.10. The van der Waals surface area contributed by atoms with Crippen LogP contribution in [0.5, 0.6) is 5.75 Å². The van der Waals surface area contributed by atoms with E-state index in [0.717, 1.165) is 38.2 Å². The zero-order valence-electron chi connectivity index (χ0n) is 11.3. The Balaban J connectivity index is 2.13. The van der Waals surface area contributed by atoms with Gasteiger partial charge in [-0.3, -0.25) is 0 Å². The third-order valence-corrected chi connectivity index (χ3v) is 3.29. The highest BCUT2D eigenvalue weighted by atomic mass is 16.5. The van der Waals surface area contributed by atoms with E-state index in [-0.39, 0.29) is 12.1 Å². The van der Waals surface area contributed by atoms with Crippen molar-refractivity contribution >= 4 is 0 Å². The van der Waals surface area contributed by atoms with Crippen LogP contribution < -0.4 is 10.5 Å². The van der Waals surface area contributed by atoms with Crippen molar-refractivity contribution < 1.29 is 9.47 Å². The monoisotopic (exact) mass is 249 g/mol. The molecule has 0 amide bonds. The van der Waals surface area contributed by atoms with Crippen LogP contribution in [0.25, 0.3) is 0 Å². The number of ether oxygens (including phenoxy) is 2. The number of hydrogen-bond acceptors (Lipinski definition) is 3. The van der Waals surface area contributed by atoms with Gasteiger partial charge in [-0.15, -0.1) is 0 Å². The molecule has 3 heteroatoms. The highest BCUT2D eigenvalue weighted by Gasteiger charge is 2.18. The molecular weight excluding hydrogens is 226 g/mol. The molecule has 1 aromatic carbocycles. The van der Waals surface area contributed by atoms with E-state index in [4.69, 9.17) is 15.2 Å². The molecule has 0 aromatic heterocycles. The molecule has 1 atom stereocenters. The van der Waals surface area contributed by atoms with Gasteiger partial charge < -0.3 is 15.2 Å². The third kappa shape index (κ3) is 3.47. The molecule has 3 nitrogen and oxygen atoms in total. The first-order valence-electron chi connectivity index (χ1n) is 6.75. The highest BCUT2D eigenvalue weighted by Crippen LogP contribution is 2.27. The first-order chi connectivity index (χ1) is 8.66. The van der Waals surface area contributed by atoms with Crippen molar-refractivity contribution in [2.24, 2.45) is 5.73 Å². The van der Waals surface area contributed by atoms with E-state index >= 15 is 0 Å². The Bertz CT molecular complexity index is 384. The minimum absolute atomic E-state index is 0.156. The number of benzene rings is 1. The SMILES string of the molecule is Cc1cccc(CC(C)N)c1OC1CCOCC1. The number of aryl methyl sites for hydroxylation is 1. The topological polar surface area (TPSA) is 44.5 Å². The van der Waals surface area contributed by atoms with Gasteiger partial charge in [0.25, 0.3) is 0 Å². The van der Waals surface area contributed by atoms with Crippen LogP contribution in [0.4, 0.5) is 0 Å². The molecule has 1 aliphatic rings. The Morgan fingerprint density at radius 3 is 2.78 bits per heavy atom. The lowest BCUT2D eigenvalue weighted by atomic mass is 10.0. The molecule has 18 heavy (non-hydrogen) atoms. The number of rotatable bonds is 4. The summed E-state index contributed by atoms with van der Waals surface area (Å²) < 4.78 is 11.5. The van der Waals surface area contributed by atoms with Gasteiger partial charge in [-0.2, -0.15) is 0 Å². The van der Waals surface area contributed by atoms with Crippen LogP contribution in [0.1, 0.15) is 30.9 Å². The van der Waals surface area contributed by atoms with E-state index in [0.29, 0.717) is 0 Å². The molecule has 1 unspecified atom stereocenters. The Morgan fingerprint density at radius 1 is 1.39 bits per heavy atom. The van der Waals surface area contributed by atoms with E-state index < -0.39 is 0 Å². The zero-order valence-corrected chi connectivity index (χ0v) is 11.3. The number of hydrogen-bond donors (Lipinski definition) is 1. The highest BCUT2D eigenvalue weighted by molar-refractivity contribution is 5.41. The summed E-state index contributed by atoms with van der Waals surface area (Å²) in [5, 5.41) is 0. The van der Waals surface area contributed by atoms with E-state index in [1.807, 2.05) is 6.92 Å². The molecule has 1 fully saturated rings. The molecule has 1 aromatic rings. The van der Waals surface area contributed by atoms with Gasteiger partial charge in [-0.05, 0) is 31.4 Å². The molecule has 2 rings (SSSR count). The molecule has 2 N–H and O–H groups in total. The summed E-state index contributed by atoms with van der Waals surface area (Å²) in [6, 6.07) is 6.44. The van der Waals surface area contributed by atoms with Crippen molar-refractivity contribution in [3.63, 3.8) is 0 Å². The molecule has 0 saturated carbocycles. The fraction of sp³-hybridized carbons (Fsp3) is 0.600. The molecule has 0 radical (unpaired) electrons. The zero-order chi connectivity index (χ0) is 13.0. The van der Waals surface area contributed by atoms with Crippen LogP contribution in [0.3, 0.4) is 0 Å². The number of nitrogens with two attached hydrogens (primary N) is 1. The van der Waals surface area contributed by atoms with E-state index in [1.54, 1.807) is 0 Å². The molecular formula is C15H23NO2. The van der Waals surface area contributed by atoms with Crippen molar-refractivity contribution in [1.82, 2.24) is 0 Å². The minimum atomic E-state index is 0.156. The minimum Gasteiger partial charge on any atom is -0.490 e. The van der Waals surface area contributed by atoms with Crippen LogP contribution in [0, 0.1) is 6.92 Å². The quantitative estimate of drug-likeness (QED) is 0.891. The van der Waals surface area contributed by atoms with Gasteiger partial charge in [0.2, 0.25) is 0 Å². The third-order valence-electron chi connectivity index (χ3n) is 3.29. The molecule has 1 saturated heterocycles. The van der Waals surface area contributed by atoms with Crippen LogP contribution in [-0.2, 0) is 11.2 Å². The standard InChI is InChI=1S/C15H23NO2/c1-11-4-3-5-13(10-12(2)16)15(11)18-14-6-8-17-9-7-14/h3-5,12,14H,6-10,16H2,1-2H3. The lowest BCUT2D eigenvalue weighted by Crippen LogP contribution is -2.27. The lowest BCUT2D eigenvalue weighted by molar-refractivity contribution is 0.0249. The fourth-order valence-corrected chi connectivity index (χ4v) is 2.35. The van der Waals surface area contributed by atoms with E-state index in [1.165, 1.54) is 11.1 Å².